The fraction of sp³-hybridized carbons (Fsp3) is 0.103. The van der Waals surface area contributed by atoms with Crippen LogP contribution in [0.1, 0.15) is 22.3 Å². The number of rotatable bonds is 3. The molecule has 3 nitrogen and oxygen atoms in total. The molecule has 12 heteroatoms. The molecule has 3 heterocycles. The second-order valence-corrected chi connectivity index (χ2v) is 12.3. The Morgan fingerprint density at radius 1 is 0.471 bits per heavy atom. The van der Waals surface area contributed by atoms with Crippen molar-refractivity contribution in [3.63, 3.8) is 0 Å². The van der Waals surface area contributed by atoms with Crippen molar-refractivity contribution in [2.75, 3.05) is 0 Å². The zero-order valence-corrected chi connectivity index (χ0v) is 26.2. The van der Waals surface area contributed by atoms with Gasteiger partial charge in [0.25, 0.3) is 0 Å². The maximum absolute atomic E-state index is 14.2. The molecule has 0 amide bonds. The van der Waals surface area contributed by atoms with Gasteiger partial charge in [-0.2, -0.15) is 39.5 Å². The fourth-order valence-corrected chi connectivity index (χ4v) is 6.87. The number of aryl methyl sites for hydroxylation is 1. The normalized spacial score (nSPS) is 12.9. The van der Waals surface area contributed by atoms with Crippen LogP contribution in [0.15, 0.2) is 115 Å². The molecule has 51 heavy (non-hydrogen) atoms. The molecular formula is C39H22F9N3. The fourth-order valence-electron chi connectivity index (χ4n) is 6.87. The van der Waals surface area contributed by atoms with Gasteiger partial charge < -0.3 is 4.57 Å². The second-order valence-electron chi connectivity index (χ2n) is 12.3. The number of fused-ring (bicyclic) bond motifs is 6. The Bertz CT molecular complexity index is 2680. The first-order chi connectivity index (χ1) is 24.1. The van der Waals surface area contributed by atoms with Gasteiger partial charge in [0.2, 0.25) is 0 Å². The molecule has 0 saturated carbocycles. The van der Waals surface area contributed by atoms with E-state index in [1.54, 1.807) is 48.5 Å². The number of para-hydroxylation sites is 2. The van der Waals surface area contributed by atoms with E-state index in [1.807, 2.05) is 0 Å². The predicted octanol–water partition coefficient (Wildman–Crippen LogP) is 12.3. The highest BCUT2D eigenvalue weighted by Crippen LogP contribution is 2.42. The molecule has 0 atom stereocenters. The number of hydrogen-bond acceptors (Lipinski definition) is 1. The molecule has 8 aromatic rings. The van der Waals surface area contributed by atoms with Crippen LogP contribution in [-0.2, 0) is 18.5 Å². The lowest BCUT2D eigenvalue weighted by Gasteiger charge is -2.18. The van der Waals surface area contributed by atoms with E-state index >= 15 is 0 Å². The van der Waals surface area contributed by atoms with Crippen LogP contribution in [0.25, 0.3) is 66.2 Å². The number of aromatic nitrogens is 3. The summed E-state index contributed by atoms with van der Waals surface area (Å²) in [4.78, 5) is 4.65. The second kappa shape index (κ2) is 11.1. The van der Waals surface area contributed by atoms with E-state index < -0.39 is 35.2 Å². The van der Waals surface area contributed by atoms with Crippen LogP contribution < -0.4 is 0 Å². The highest BCUT2D eigenvalue weighted by molar-refractivity contribution is 6.11. The molecule has 8 rings (SSSR count). The van der Waals surface area contributed by atoms with Gasteiger partial charge >= 0.3 is 18.5 Å². The van der Waals surface area contributed by atoms with Gasteiger partial charge in [0, 0.05) is 27.1 Å². The number of benzene rings is 5. The molecule has 0 saturated heterocycles. The standard InChI is InChI=1S/C39H22F9N3/c1-21-14-22(16-25(15-21)39(46,47)48)30-19-36(51-32-9-5-3-7-27(32)29-13-11-24(18-34(29)51)38(43,44)45)49-20-35(30)50-31-8-4-2-6-26(31)28-12-10-23(17-33(28)50)37(40,41)42/h2-20H,1H3. The summed E-state index contributed by atoms with van der Waals surface area (Å²) in [5.41, 5.74) is -0.861. The van der Waals surface area contributed by atoms with Crippen molar-refractivity contribution in [3.8, 4) is 22.6 Å². The van der Waals surface area contributed by atoms with E-state index in [2.05, 4.69) is 4.98 Å². The van der Waals surface area contributed by atoms with E-state index in [0.717, 1.165) is 36.4 Å². The molecular weight excluding hydrogens is 681 g/mol. The maximum Gasteiger partial charge on any atom is 0.416 e. The first kappa shape index (κ1) is 32.4. The van der Waals surface area contributed by atoms with Crippen molar-refractivity contribution in [1.82, 2.24) is 14.1 Å². The Morgan fingerprint density at radius 2 is 0.961 bits per heavy atom. The zero-order chi connectivity index (χ0) is 36.0. The first-order valence-corrected chi connectivity index (χ1v) is 15.5. The number of alkyl halides is 9. The molecule has 0 aliphatic carbocycles. The lowest BCUT2D eigenvalue weighted by Crippen LogP contribution is -2.08. The number of hydrogen-bond donors (Lipinski definition) is 0. The number of pyridine rings is 1. The van der Waals surface area contributed by atoms with Crippen LogP contribution >= 0.6 is 0 Å². The average Bonchev–Trinajstić information content (AvgIpc) is 3.59. The van der Waals surface area contributed by atoms with E-state index in [9.17, 15) is 39.5 Å². The van der Waals surface area contributed by atoms with Crippen LogP contribution in [0.5, 0.6) is 0 Å². The van der Waals surface area contributed by atoms with Gasteiger partial charge in [-0.05, 0) is 72.6 Å². The van der Waals surface area contributed by atoms with Gasteiger partial charge in [0.1, 0.15) is 5.82 Å². The third-order valence-corrected chi connectivity index (χ3v) is 9.06. The molecule has 0 fully saturated rings. The summed E-state index contributed by atoms with van der Waals surface area (Å²) < 4.78 is 129. The summed E-state index contributed by atoms with van der Waals surface area (Å²) in [7, 11) is 0. The van der Waals surface area contributed by atoms with Crippen molar-refractivity contribution in [2.24, 2.45) is 0 Å². The van der Waals surface area contributed by atoms with Gasteiger partial charge in [0.15, 0.2) is 0 Å². The topological polar surface area (TPSA) is 22.8 Å². The summed E-state index contributed by atoms with van der Waals surface area (Å²) in [6.07, 6.45) is -12.8. The summed E-state index contributed by atoms with van der Waals surface area (Å²) in [5.74, 6) is 0.0890. The maximum atomic E-state index is 14.2. The van der Waals surface area contributed by atoms with Crippen molar-refractivity contribution >= 4 is 43.6 Å². The van der Waals surface area contributed by atoms with E-state index in [1.165, 1.54) is 46.5 Å². The van der Waals surface area contributed by atoms with Crippen LogP contribution in [0, 0.1) is 6.92 Å². The lowest BCUT2D eigenvalue weighted by molar-refractivity contribution is -0.138. The number of nitrogens with zero attached hydrogens (tertiary/aromatic N) is 3. The average molecular weight is 704 g/mol. The summed E-state index contributed by atoms with van der Waals surface area (Å²) in [5, 5.41) is 2.17. The lowest BCUT2D eigenvalue weighted by atomic mass is 9.99. The smallest absolute Gasteiger partial charge is 0.307 e. The van der Waals surface area contributed by atoms with E-state index in [0.29, 0.717) is 32.6 Å². The van der Waals surface area contributed by atoms with Crippen LogP contribution in [0.4, 0.5) is 39.5 Å². The van der Waals surface area contributed by atoms with Gasteiger partial charge in [0.05, 0.1) is 50.6 Å². The molecule has 0 unspecified atom stereocenters. The minimum Gasteiger partial charge on any atom is -0.307 e. The predicted molar refractivity (Wildman–Crippen MR) is 178 cm³/mol. The molecule has 0 N–H and O–H groups in total. The summed E-state index contributed by atoms with van der Waals surface area (Å²) in [6.45, 7) is 1.49. The van der Waals surface area contributed by atoms with Crippen molar-refractivity contribution in [3.05, 3.63) is 138 Å². The monoisotopic (exact) mass is 703 g/mol. The van der Waals surface area contributed by atoms with Crippen LogP contribution in [0.2, 0.25) is 0 Å². The molecule has 0 radical (unpaired) electrons. The van der Waals surface area contributed by atoms with Gasteiger partial charge in [-0.15, -0.1) is 0 Å². The third kappa shape index (κ3) is 5.36. The Labute approximate surface area is 282 Å². The summed E-state index contributed by atoms with van der Waals surface area (Å²) >= 11 is 0. The Hall–Kier alpha value is -5.78. The van der Waals surface area contributed by atoms with Crippen molar-refractivity contribution < 1.29 is 39.5 Å². The molecule has 0 aliphatic heterocycles. The largest absolute Gasteiger partial charge is 0.416 e. The van der Waals surface area contributed by atoms with E-state index in [-0.39, 0.29) is 39.2 Å². The Kier molecular flexibility index (Phi) is 7.06. The minimum atomic E-state index is -4.73. The minimum absolute atomic E-state index is 0.0793. The molecule has 0 aliphatic rings. The van der Waals surface area contributed by atoms with E-state index in [4.69, 9.17) is 0 Å². The zero-order valence-electron chi connectivity index (χ0n) is 26.2. The number of halogens is 9. The summed E-state index contributed by atoms with van der Waals surface area (Å²) in [6, 6.07) is 25.2. The first-order valence-electron chi connectivity index (χ1n) is 15.5. The Balaban J connectivity index is 1.50. The molecule has 3 aromatic heterocycles. The van der Waals surface area contributed by atoms with Crippen molar-refractivity contribution in [1.29, 1.82) is 0 Å². The van der Waals surface area contributed by atoms with Gasteiger partial charge in [-0.1, -0.05) is 54.6 Å². The van der Waals surface area contributed by atoms with Crippen LogP contribution in [0.3, 0.4) is 0 Å². The highest BCUT2D eigenvalue weighted by Gasteiger charge is 2.34. The SMILES string of the molecule is Cc1cc(-c2cc(-n3c4ccccc4c4ccc(C(F)(F)F)cc43)ncc2-n2c3ccccc3c3ccc(C(F)(F)F)cc32)cc(C(F)(F)F)c1. The van der Waals surface area contributed by atoms with Gasteiger partial charge in [-0.3, -0.25) is 4.57 Å². The molecule has 0 bridgehead atoms. The third-order valence-electron chi connectivity index (χ3n) is 9.06. The molecule has 5 aromatic carbocycles. The highest BCUT2D eigenvalue weighted by atomic mass is 19.4. The van der Waals surface area contributed by atoms with Gasteiger partial charge in [-0.25, -0.2) is 4.98 Å². The molecule has 0 spiro atoms. The van der Waals surface area contributed by atoms with Crippen molar-refractivity contribution in [2.45, 2.75) is 25.5 Å². The molecule has 256 valence electrons. The van der Waals surface area contributed by atoms with Crippen LogP contribution in [-0.4, -0.2) is 14.1 Å². The Morgan fingerprint density at radius 3 is 1.51 bits per heavy atom. The quantitative estimate of drug-likeness (QED) is 0.168.